The summed E-state index contributed by atoms with van der Waals surface area (Å²) in [6, 6.07) is 22.1. The second kappa shape index (κ2) is 6.14. The first kappa shape index (κ1) is 15.1. The van der Waals surface area contributed by atoms with E-state index in [1.165, 1.54) is 10.6 Å². The van der Waals surface area contributed by atoms with E-state index < -0.39 is 7.26 Å². The van der Waals surface area contributed by atoms with Crippen LogP contribution in [-0.2, 0) is 0 Å². The van der Waals surface area contributed by atoms with Crippen molar-refractivity contribution in [1.82, 2.24) is 9.80 Å². The van der Waals surface area contributed by atoms with Gasteiger partial charge in [-0.05, 0) is 0 Å². The molecule has 0 aromatic heterocycles. The topological polar surface area (TPSA) is 6.48 Å². The molecule has 0 saturated carbocycles. The Kier molecular flexibility index (Phi) is 4.22. The van der Waals surface area contributed by atoms with Crippen LogP contribution in [0.3, 0.4) is 0 Å². The van der Waals surface area contributed by atoms with E-state index in [9.17, 15) is 0 Å². The molecule has 3 heteroatoms. The number of benzene rings is 2. The summed E-state index contributed by atoms with van der Waals surface area (Å²) >= 11 is 0. The second-order valence-corrected chi connectivity index (χ2v) is 10.5. The van der Waals surface area contributed by atoms with E-state index in [0.717, 1.165) is 6.29 Å². The van der Waals surface area contributed by atoms with Gasteiger partial charge >= 0.3 is 134 Å². The van der Waals surface area contributed by atoms with Crippen LogP contribution in [0, 0.1) is 0 Å². The minimum atomic E-state index is -1.79. The zero-order chi connectivity index (χ0) is 15.6. The van der Waals surface area contributed by atoms with Crippen molar-refractivity contribution in [2.75, 3.05) is 20.0 Å². The van der Waals surface area contributed by atoms with Crippen LogP contribution >= 0.6 is 7.26 Å². The molecule has 0 fully saturated rings. The first-order chi connectivity index (χ1) is 10.6. The molecule has 2 aromatic rings. The van der Waals surface area contributed by atoms with E-state index >= 15 is 0 Å². The van der Waals surface area contributed by atoms with Crippen LogP contribution in [0.2, 0.25) is 0 Å². The monoisotopic (exact) mass is 312 g/mol. The van der Waals surface area contributed by atoms with Crippen molar-refractivity contribution in [3.63, 3.8) is 0 Å². The van der Waals surface area contributed by atoms with Gasteiger partial charge in [-0.25, -0.2) is 0 Å². The van der Waals surface area contributed by atoms with Gasteiger partial charge in [-0.2, -0.15) is 0 Å². The van der Waals surface area contributed by atoms with Gasteiger partial charge in [0.2, 0.25) is 0 Å². The quantitative estimate of drug-likeness (QED) is 0.801. The van der Waals surface area contributed by atoms with Crippen LogP contribution in [-0.4, -0.2) is 36.0 Å². The predicted molar refractivity (Wildman–Crippen MR) is 99.5 cm³/mol. The van der Waals surface area contributed by atoms with Crippen molar-refractivity contribution in [2.24, 2.45) is 0 Å². The Bertz CT molecular complexity index is 599. The van der Waals surface area contributed by atoms with Crippen LogP contribution in [0.1, 0.15) is 6.92 Å². The van der Waals surface area contributed by atoms with Gasteiger partial charge in [-0.3, -0.25) is 0 Å². The summed E-state index contributed by atoms with van der Waals surface area (Å²) in [5, 5.41) is 2.99. The Labute approximate surface area is 134 Å². The van der Waals surface area contributed by atoms with E-state index in [4.69, 9.17) is 0 Å². The van der Waals surface area contributed by atoms with Gasteiger partial charge in [-0.15, -0.1) is 0 Å². The van der Waals surface area contributed by atoms with Gasteiger partial charge in [0.15, 0.2) is 0 Å². The van der Waals surface area contributed by atoms with Gasteiger partial charge < -0.3 is 0 Å². The van der Waals surface area contributed by atoms with E-state index in [2.05, 4.69) is 103 Å². The molecule has 1 aliphatic heterocycles. The van der Waals surface area contributed by atoms with Crippen molar-refractivity contribution >= 4 is 17.9 Å². The predicted octanol–water partition coefficient (Wildman–Crippen LogP) is 3.04. The number of rotatable bonds is 4. The zero-order valence-electron chi connectivity index (χ0n) is 13.6. The molecule has 0 spiro atoms. The fraction of sp³-hybridized carbons (Fsp3) is 0.263. The van der Waals surface area contributed by atoms with Crippen molar-refractivity contribution < 1.29 is 0 Å². The summed E-state index contributed by atoms with van der Waals surface area (Å²) in [7, 11) is 0.354. The molecule has 3 rings (SSSR count). The van der Waals surface area contributed by atoms with Gasteiger partial charge in [-0.1, -0.05) is 0 Å². The molecule has 0 aliphatic carbocycles. The molecule has 0 bridgehead atoms. The van der Waals surface area contributed by atoms with Gasteiger partial charge in [0.25, 0.3) is 0 Å². The molecule has 1 heterocycles. The Morgan fingerprint density at radius 3 is 1.77 bits per heavy atom. The number of hydrogen-bond donors (Lipinski definition) is 0. The number of nitrogens with zero attached hydrogens (tertiary/aromatic N) is 2. The van der Waals surface area contributed by atoms with Crippen LogP contribution in [0.5, 0.6) is 0 Å². The maximum absolute atomic E-state index is 2.48. The van der Waals surface area contributed by atoms with Crippen molar-refractivity contribution in [3.8, 4) is 0 Å². The SMILES string of the molecule is CC1N(C)C=CN1C[PH](C)(c1ccccc1)c1ccccc1. The third-order valence-electron chi connectivity index (χ3n) is 4.88. The standard InChI is InChI=1S/C19H25N2P/c1-17-20(2)14-15-21(17)16-22(3,18-10-6-4-7-11-18)19-12-8-5-9-13-19/h4-15,17,22H,16H2,1-3H3. The van der Waals surface area contributed by atoms with E-state index in [1.807, 2.05) is 0 Å². The molecule has 1 unspecified atom stereocenters. The minimum absolute atomic E-state index is 0.430. The van der Waals surface area contributed by atoms with E-state index in [0.29, 0.717) is 6.17 Å². The van der Waals surface area contributed by atoms with Crippen molar-refractivity contribution in [3.05, 3.63) is 73.1 Å². The summed E-state index contributed by atoms with van der Waals surface area (Å²) in [6.07, 6.45) is 5.94. The molecule has 2 aromatic carbocycles. The number of hydrogen-bond acceptors (Lipinski definition) is 2. The molecule has 0 N–H and O–H groups in total. The summed E-state index contributed by atoms with van der Waals surface area (Å²) in [5.74, 6) is 0. The third-order valence-corrected chi connectivity index (χ3v) is 9.10. The van der Waals surface area contributed by atoms with Crippen molar-refractivity contribution in [2.45, 2.75) is 13.1 Å². The van der Waals surface area contributed by atoms with Gasteiger partial charge in [0, 0.05) is 0 Å². The summed E-state index contributed by atoms with van der Waals surface area (Å²) in [6.45, 7) is 4.75. The van der Waals surface area contributed by atoms with E-state index in [-0.39, 0.29) is 0 Å². The fourth-order valence-corrected chi connectivity index (χ4v) is 6.84. The average molecular weight is 312 g/mol. The molecule has 0 saturated heterocycles. The molecule has 0 radical (unpaired) electrons. The molecule has 1 atom stereocenters. The third kappa shape index (κ3) is 2.76. The molecular weight excluding hydrogens is 287 g/mol. The molecule has 116 valence electrons. The van der Waals surface area contributed by atoms with Crippen LogP contribution in [0.25, 0.3) is 0 Å². The molecular formula is C19H25N2P. The van der Waals surface area contributed by atoms with Crippen LogP contribution in [0.4, 0.5) is 0 Å². The van der Waals surface area contributed by atoms with Crippen LogP contribution in [0.15, 0.2) is 73.1 Å². The molecule has 2 nitrogen and oxygen atoms in total. The Morgan fingerprint density at radius 2 is 1.36 bits per heavy atom. The van der Waals surface area contributed by atoms with Gasteiger partial charge in [0.05, 0.1) is 0 Å². The molecule has 22 heavy (non-hydrogen) atoms. The summed E-state index contributed by atoms with van der Waals surface area (Å²) in [4.78, 5) is 4.75. The maximum atomic E-state index is 2.48. The Hall–Kier alpha value is -1.79. The first-order valence-corrected chi connectivity index (χ1v) is 10.6. The fourth-order valence-electron chi connectivity index (χ4n) is 3.19. The second-order valence-electron chi connectivity index (χ2n) is 6.33. The van der Waals surface area contributed by atoms with Crippen LogP contribution < -0.4 is 10.6 Å². The van der Waals surface area contributed by atoms with E-state index in [1.54, 1.807) is 0 Å². The van der Waals surface area contributed by atoms with Crippen molar-refractivity contribution in [1.29, 1.82) is 0 Å². The summed E-state index contributed by atoms with van der Waals surface area (Å²) < 4.78 is 0. The normalized spacial score (nSPS) is 18.8. The summed E-state index contributed by atoms with van der Waals surface area (Å²) in [5.41, 5.74) is 0. The molecule has 1 aliphatic rings. The average Bonchev–Trinajstić information content (AvgIpc) is 2.88. The Balaban J connectivity index is 1.99. The first-order valence-electron chi connectivity index (χ1n) is 7.88. The molecule has 0 amide bonds. The Morgan fingerprint density at radius 1 is 0.864 bits per heavy atom. The van der Waals surface area contributed by atoms with Gasteiger partial charge in [0.1, 0.15) is 0 Å². The zero-order valence-corrected chi connectivity index (χ0v) is 14.6.